The molecule has 2 aliphatic rings. The van der Waals surface area contributed by atoms with Crippen LogP contribution in [0.1, 0.15) is 36.2 Å². The lowest BCUT2D eigenvalue weighted by molar-refractivity contribution is -0.122. The number of rotatable bonds is 5. The summed E-state index contributed by atoms with van der Waals surface area (Å²) in [5, 5.41) is 5.96. The maximum atomic E-state index is 12.7. The number of amides is 3. The molecule has 1 atom stereocenters. The number of methoxy groups -OCH3 is 1. The van der Waals surface area contributed by atoms with Gasteiger partial charge in [0, 0.05) is 38.1 Å². The zero-order chi connectivity index (χ0) is 22.4. The maximum Gasteiger partial charge on any atom is 0.321 e. The smallest absolute Gasteiger partial charge is 0.321 e. The van der Waals surface area contributed by atoms with Crippen molar-refractivity contribution in [1.82, 2.24) is 15.2 Å². The van der Waals surface area contributed by atoms with E-state index in [2.05, 4.69) is 15.6 Å². The highest BCUT2D eigenvalue weighted by molar-refractivity contribution is 5.92. The molecule has 8 nitrogen and oxygen atoms in total. The Hall–Kier alpha value is -3.13. The highest BCUT2D eigenvalue weighted by Gasteiger charge is 2.41. The van der Waals surface area contributed by atoms with Crippen molar-refractivity contribution >= 4 is 17.6 Å². The van der Waals surface area contributed by atoms with E-state index in [9.17, 15) is 9.59 Å². The molecule has 32 heavy (non-hydrogen) atoms. The Kier molecular flexibility index (Phi) is 6.90. The molecule has 2 aromatic rings. The topological polar surface area (TPSA) is 92.8 Å². The average molecular weight is 439 g/mol. The van der Waals surface area contributed by atoms with Gasteiger partial charge in [0.1, 0.15) is 11.4 Å². The molecule has 0 bridgehead atoms. The van der Waals surface area contributed by atoms with Gasteiger partial charge < -0.3 is 25.0 Å². The molecule has 0 aliphatic carbocycles. The van der Waals surface area contributed by atoms with Crippen molar-refractivity contribution in [1.29, 1.82) is 0 Å². The minimum atomic E-state index is -0.213. The first-order chi connectivity index (χ1) is 15.6. The number of likely N-dealkylation sites (tertiary alicyclic amines) is 1. The second-order valence-electron chi connectivity index (χ2n) is 8.46. The van der Waals surface area contributed by atoms with E-state index >= 15 is 0 Å². The number of nitrogens with one attached hydrogen (secondary N) is 2. The summed E-state index contributed by atoms with van der Waals surface area (Å²) in [7, 11) is 1.61. The van der Waals surface area contributed by atoms with Crippen LogP contribution in [0.4, 0.5) is 10.5 Å². The van der Waals surface area contributed by atoms with Crippen molar-refractivity contribution in [2.75, 3.05) is 38.7 Å². The molecule has 170 valence electrons. The number of piperidine rings is 1. The first-order valence-electron chi connectivity index (χ1n) is 11.1. The molecule has 4 rings (SSSR count). The second-order valence-corrected chi connectivity index (χ2v) is 8.46. The molecule has 0 radical (unpaired) electrons. The highest BCUT2D eigenvalue weighted by Crippen LogP contribution is 2.37. The van der Waals surface area contributed by atoms with Gasteiger partial charge in [-0.15, -0.1) is 0 Å². The van der Waals surface area contributed by atoms with E-state index in [1.807, 2.05) is 35.2 Å². The van der Waals surface area contributed by atoms with Crippen molar-refractivity contribution < 1.29 is 19.1 Å². The summed E-state index contributed by atoms with van der Waals surface area (Å²) in [6, 6.07) is 12.5. The van der Waals surface area contributed by atoms with Crippen LogP contribution in [0.2, 0.25) is 0 Å². The number of hydrogen-bond donors (Lipinski definition) is 2. The third kappa shape index (κ3) is 5.37. The monoisotopic (exact) mass is 438 g/mol. The van der Waals surface area contributed by atoms with Crippen molar-refractivity contribution in [2.24, 2.45) is 5.92 Å². The van der Waals surface area contributed by atoms with E-state index in [1.165, 1.54) is 0 Å². The minimum Gasteiger partial charge on any atom is -0.497 e. The Balaban J connectivity index is 1.25. The third-order valence-electron chi connectivity index (χ3n) is 6.35. The largest absolute Gasteiger partial charge is 0.497 e. The lowest BCUT2D eigenvalue weighted by Gasteiger charge is -2.46. The molecule has 0 saturated carbocycles. The molecule has 2 fully saturated rings. The lowest BCUT2D eigenvalue weighted by Crippen LogP contribution is -2.52. The Morgan fingerprint density at radius 3 is 2.66 bits per heavy atom. The van der Waals surface area contributed by atoms with Crippen molar-refractivity contribution in [3.8, 4) is 5.75 Å². The number of ether oxygens (including phenoxy) is 2. The van der Waals surface area contributed by atoms with Gasteiger partial charge in [-0.2, -0.15) is 0 Å². The standard InChI is InChI=1S/C24H30N4O4/c1-31-20-7-5-19(6-8-20)27-23(30)28-13-10-24(11-14-28)16-18(9-15-32-24)17-26-22(29)21-4-2-3-12-25-21/h2-8,12,18H,9-11,13-17H2,1H3,(H,26,29)(H,27,30). The van der Waals surface area contributed by atoms with Crippen LogP contribution < -0.4 is 15.4 Å². The van der Waals surface area contributed by atoms with Crippen molar-refractivity contribution in [2.45, 2.75) is 31.3 Å². The number of anilines is 1. The van der Waals surface area contributed by atoms with Crippen molar-refractivity contribution in [3.63, 3.8) is 0 Å². The molecule has 1 aromatic heterocycles. The van der Waals surface area contributed by atoms with Crippen LogP contribution in [0.25, 0.3) is 0 Å². The van der Waals surface area contributed by atoms with Gasteiger partial charge in [0.15, 0.2) is 0 Å². The van der Waals surface area contributed by atoms with Gasteiger partial charge in [-0.1, -0.05) is 6.07 Å². The van der Waals surface area contributed by atoms with Gasteiger partial charge in [-0.25, -0.2) is 4.79 Å². The van der Waals surface area contributed by atoms with E-state index < -0.39 is 0 Å². The van der Waals surface area contributed by atoms with E-state index in [0.29, 0.717) is 37.9 Å². The molecule has 1 unspecified atom stereocenters. The third-order valence-corrected chi connectivity index (χ3v) is 6.35. The summed E-state index contributed by atoms with van der Waals surface area (Å²) >= 11 is 0. The molecule has 2 aliphatic heterocycles. The number of benzene rings is 1. The minimum absolute atomic E-state index is 0.0972. The fourth-order valence-corrected chi connectivity index (χ4v) is 4.47. The predicted molar refractivity (Wildman–Crippen MR) is 121 cm³/mol. The fraction of sp³-hybridized carbons (Fsp3) is 0.458. The number of nitrogens with zero attached hydrogens (tertiary/aromatic N) is 2. The molecule has 8 heteroatoms. The van der Waals surface area contributed by atoms with Crippen LogP contribution >= 0.6 is 0 Å². The van der Waals surface area contributed by atoms with Gasteiger partial charge in [0.25, 0.3) is 5.91 Å². The van der Waals surface area contributed by atoms with E-state index in [1.54, 1.807) is 25.4 Å². The second kappa shape index (κ2) is 9.99. The van der Waals surface area contributed by atoms with E-state index in [0.717, 1.165) is 37.1 Å². The normalized spacial score (nSPS) is 19.9. The van der Waals surface area contributed by atoms with Crippen LogP contribution in [0.3, 0.4) is 0 Å². The van der Waals surface area contributed by atoms with Gasteiger partial charge >= 0.3 is 6.03 Å². The summed E-state index contributed by atoms with van der Waals surface area (Å²) in [6.45, 7) is 2.59. The van der Waals surface area contributed by atoms with Crippen LogP contribution in [0, 0.1) is 5.92 Å². The predicted octanol–water partition coefficient (Wildman–Crippen LogP) is 3.31. The zero-order valence-corrected chi connectivity index (χ0v) is 18.4. The van der Waals surface area contributed by atoms with Gasteiger partial charge in [0.05, 0.1) is 12.7 Å². The van der Waals surface area contributed by atoms with Crippen LogP contribution in [-0.2, 0) is 4.74 Å². The van der Waals surface area contributed by atoms with Crippen LogP contribution in [0.15, 0.2) is 48.7 Å². The summed E-state index contributed by atoms with van der Waals surface area (Å²) in [4.78, 5) is 30.9. The van der Waals surface area contributed by atoms with E-state index in [-0.39, 0.29) is 17.5 Å². The summed E-state index contributed by atoms with van der Waals surface area (Å²) in [5.74, 6) is 0.968. The molecule has 3 amide bonds. The highest BCUT2D eigenvalue weighted by atomic mass is 16.5. The number of carbonyl (C=O) groups is 2. The first-order valence-corrected chi connectivity index (χ1v) is 11.1. The first kappa shape index (κ1) is 22.1. The maximum absolute atomic E-state index is 12.7. The Labute approximate surface area is 188 Å². The SMILES string of the molecule is COc1ccc(NC(=O)N2CCC3(CC2)CC(CNC(=O)c2ccccn2)CCO3)cc1. The summed E-state index contributed by atoms with van der Waals surface area (Å²) in [6.07, 6.45) is 5.04. The van der Waals surface area contributed by atoms with Gasteiger partial charge in [0.2, 0.25) is 0 Å². The quantitative estimate of drug-likeness (QED) is 0.747. The molecule has 3 heterocycles. The number of hydrogen-bond acceptors (Lipinski definition) is 5. The number of urea groups is 1. The molecular weight excluding hydrogens is 408 g/mol. The number of carbonyl (C=O) groups excluding carboxylic acids is 2. The van der Waals surface area contributed by atoms with Crippen LogP contribution in [0.5, 0.6) is 5.75 Å². The zero-order valence-electron chi connectivity index (χ0n) is 18.4. The lowest BCUT2D eigenvalue weighted by atomic mass is 9.79. The van der Waals surface area contributed by atoms with Crippen LogP contribution in [-0.4, -0.2) is 60.8 Å². The van der Waals surface area contributed by atoms with Crippen molar-refractivity contribution in [3.05, 3.63) is 54.4 Å². The molecular formula is C24H30N4O4. The van der Waals surface area contributed by atoms with Gasteiger partial charge in [-0.05, 0) is 68.0 Å². The average Bonchev–Trinajstić information content (AvgIpc) is 2.84. The summed E-state index contributed by atoms with van der Waals surface area (Å²) < 4.78 is 11.4. The molecule has 2 saturated heterocycles. The van der Waals surface area contributed by atoms with Gasteiger partial charge in [-0.3, -0.25) is 9.78 Å². The number of aromatic nitrogens is 1. The molecule has 2 N–H and O–H groups in total. The molecule has 1 spiro atoms. The number of pyridine rings is 1. The van der Waals surface area contributed by atoms with E-state index in [4.69, 9.17) is 9.47 Å². The Bertz CT molecular complexity index is 911. The fourth-order valence-electron chi connectivity index (χ4n) is 4.47. The molecule has 1 aromatic carbocycles. The summed E-state index contributed by atoms with van der Waals surface area (Å²) in [5.41, 5.74) is 0.967. The Morgan fingerprint density at radius 2 is 1.97 bits per heavy atom. The Morgan fingerprint density at radius 1 is 1.19 bits per heavy atom.